The van der Waals surface area contributed by atoms with Crippen molar-refractivity contribution in [1.82, 2.24) is 19.7 Å². The smallest absolute Gasteiger partial charge is 0.273 e. The molecule has 0 spiro atoms. The van der Waals surface area contributed by atoms with Gasteiger partial charge in [0.25, 0.3) is 5.91 Å². The summed E-state index contributed by atoms with van der Waals surface area (Å²) < 4.78 is 7.55. The van der Waals surface area contributed by atoms with Crippen LogP contribution in [0.2, 0.25) is 0 Å². The number of hydrogen-bond acceptors (Lipinski definition) is 7. The summed E-state index contributed by atoms with van der Waals surface area (Å²) in [5, 5.41) is 6.31. The van der Waals surface area contributed by atoms with Crippen LogP contribution in [0.4, 0.5) is 0 Å². The number of pyridine rings is 2. The van der Waals surface area contributed by atoms with E-state index in [0.29, 0.717) is 24.8 Å². The average Bonchev–Trinajstić information content (AvgIpc) is 3.39. The van der Waals surface area contributed by atoms with E-state index in [2.05, 4.69) is 37.6 Å². The summed E-state index contributed by atoms with van der Waals surface area (Å²) in [4.78, 5) is 25.6. The molecule has 1 saturated carbocycles. The molecule has 0 atom stereocenters. The maximum absolute atomic E-state index is 12.4. The van der Waals surface area contributed by atoms with Gasteiger partial charge in [0.15, 0.2) is 5.71 Å². The van der Waals surface area contributed by atoms with E-state index in [-0.39, 0.29) is 12.3 Å². The normalized spacial score (nSPS) is 15.9. The molecular formula is C22H23N7O2. The van der Waals surface area contributed by atoms with Crippen molar-refractivity contribution in [2.24, 2.45) is 15.9 Å². The zero-order valence-corrected chi connectivity index (χ0v) is 17.0. The largest absolute Gasteiger partial charge is 0.493 e. The van der Waals surface area contributed by atoms with Gasteiger partial charge in [-0.25, -0.2) is 4.98 Å². The molecule has 3 aromatic heterocycles. The lowest BCUT2D eigenvalue weighted by Crippen LogP contribution is -2.32. The van der Waals surface area contributed by atoms with E-state index in [0.717, 1.165) is 29.1 Å². The molecule has 5 rings (SSSR count). The number of carbonyl (C=O) groups is 1. The fraction of sp³-hybridized carbons (Fsp3) is 0.318. The van der Waals surface area contributed by atoms with Crippen LogP contribution in [0.1, 0.15) is 41.3 Å². The topological polar surface area (TPSA) is 119 Å². The van der Waals surface area contributed by atoms with Crippen LogP contribution in [0.3, 0.4) is 0 Å². The fourth-order valence-corrected chi connectivity index (χ4v) is 3.63. The quantitative estimate of drug-likeness (QED) is 0.345. The SMILES string of the molecule is NN=C(C=NCc1cn2cc(C3CC3)ccc2n1)C(=O)NCc1cc2c(cn1)CCO2. The number of fused-ring (bicyclic) bond motifs is 2. The third-order valence-electron chi connectivity index (χ3n) is 5.47. The Morgan fingerprint density at radius 2 is 2.23 bits per heavy atom. The molecule has 9 nitrogen and oxygen atoms in total. The van der Waals surface area contributed by atoms with E-state index in [1.165, 1.54) is 24.6 Å². The summed E-state index contributed by atoms with van der Waals surface area (Å²) in [7, 11) is 0. The third kappa shape index (κ3) is 4.25. The fourth-order valence-electron chi connectivity index (χ4n) is 3.63. The number of nitrogens with zero attached hydrogens (tertiary/aromatic N) is 5. The zero-order valence-electron chi connectivity index (χ0n) is 17.0. The lowest BCUT2D eigenvalue weighted by molar-refractivity contribution is -0.114. The number of imidazole rings is 1. The minimum Gasteiger partial charge on any atom is -0.493 e. The van der Waals surface area contributed by atoms with Crippen LogP contribution in [0.5, 0.6) is 5.75 Å². The van der Waals surface area contributed by atoms with E-state index in [4.69, 9.17) is 10.6 Å². The molecule has 0 radical (unpaired) electrons. The van der Waals surface area contributed by atoms with Gasteiger partial charge in [0.1, 0.15) is 11.4 Å². The molecule has 1 fully saturated rings. The molecule has 0 aromatic carbocycles. The maximum Gasteiger partial charge on any atom is 0.273 e. The first-order chi connectivity index (χ1) is 15.2. The van der Waals surface area contributed by atoms with Crippen molar-refractivity contribution in [2.45, 2.75) is 38.3 Å². The van der Waals surface area contributed by atoms with Gasteiger partial charge in [-0.05, 0) is 30.4 Å². The van der Waals surface area contributed by atoms with Crippen molar-refractivity contribution in [3.63, 3.8) is 0 Å². The molecule has 9 heteroatoms. The highest BCUT2D eigenvalue weighted by atomic mass is 16.5. The Morgan fingerprint density at radius 3 is 3.06 bits per heavy atom. The van der Waals surface area contributed by atoms with Crippen LogP contribution in [-0.4, -0.2) is 38.8 Å². The van der Waals surface area contributed by atoms with Crippen LogP contribution < -0.4 is 15.9 Å². The number of rotatable bonds is 7. The highest BCUT2D eigenvalue weighted by Crippen LogP contribution is 2.39. The molecule has 0 unspecified atom stereocenters. The lowest BCUT2D eigenvalue weighted by Gasteiger charge is -2.05. The first-order valence-electron chi connectivity index (χ1n) is 10.3. The zero-order chi connectivity index (χ0) is 21.2. The third-order valence-corrected chi connectivity index (χ3v) is 5.47. The number of aromatic nitrogens is 3. The van der Waals surface area contributed by atoms with Crippen molar-refractivity contribution >= 4 is 23.5 Å². The van der Waals surface area contributed by atoms with E-state index < -0.39 is 5.91 Å². The van der Waals surface area contributed by atoms with E-state index in [1.54, 1.807) is 6.20 Å². The molecule has 1 aliphatic carbocycles. The molecule has 31 heavy (non-hydrogen) atoms. The van der Waals surface area contributed by atoms with Crippen molar-refractivity contribution in [3.8, 4) is 5.75 Å². The number of ether oxygens (including phenoxy) is 1. The van der Waals surface area contributed by atoms with Gasteiger partial charge in [-0.3, -0.25) is 14.8 Å². The predicted molar refractivity (Wildman–Crippen MR) is 116 cm³/mol. The number of hydrazone groups is 1. The minimum atomic E-state index is -0.418. The number of nitrogens with one attached hydrogen (secondary N) is 1. The summed E-state index contributed by atoms with van der Waals surface area (Å²) in [6.07, 6.45) is 10.6. The van der Waals surface area contributed by atoms with Gasteiger partial charge in [0.2, 0.25) is 0 Å². The highest BCUT2D eigenvalue weighted by molar-refractivity contribution is 6.60. The number of nitrogens with two attached hydrogens (primary N) is 1. The average molecular weight is 417 g/mol. The lowest BCUT2D eigenvalue weighted by atomic mass is 10.2. The Hall–Kier alpha value is -3.75. The number of aliphatic imine (C=N–C) groups is 1. The Kier molecular flexibility index (Phi) is 5.07. The number of hydrogen-bond donors (Lipinski definition) is 2. The van der Waals surface area contributed by atoms with Gasteiger partial charge in [-0.15, -0.1) is 0 Å². The van der Waals surface area contributed by atoms with Gasteiger partial charge in [-0.2, -0.15) is 5.10 Å². The molecule has 1 amide bonds. The van der Waals surface area contributed by atoms with E-state index in [1.807, 2.05) is 22.7 Å². The van der Waals surface area contributed by atoms with Gasteiger partial charge >= 0.3 is 0 Å². The Bertz CT molecular complexity index is 1190. The Morgan fingerprint density at radius 1 is 1.32 bits per heavy atom. The second kappa shape index (κ2) is 8.17. The van der Waals surface area contributed by atoms with Crippen LogP contribution in [0.25, 0.3) is 5.65 Å². The van der Waals surface area contributed by atoms with Crippen LogP contribution in [0, 0.1) is 0 Å². The predicted octanol–water partition coefficient (Wildman–Crippen LogP) is 1.74. The Balaban J connectivity index is 1.18. The summed E-state index contributed by atoms with van der Waals surface area (Å²) in [6.45, 7) is 1.25. The summed E-state index contributed by atoms with van der Waals surface area (Å²) in [6, 6.07) is 6.01. The summed E-state index contributed by atoms with van der Waals surface area (Å²) in [5.74, 6) is 6.48. The first kappa shape index (κ1) is 19.2. The van der Waals surface area contributed by atoms with Gasteiger partial charge in [0, 0.05) is 36.6 Å². The molecular weight excluding hydrogens is 394 g/mol. The first-order valence-corrected chi connectivity index (χ1v) is 10.3. The van der Waals surface area contributed by atoms with Crippen molar-refractivity contribution < 1.29 is 9.53 Å². The van der Waals surface area contributed by atoms with Crippen molar-refractivity contribution in [2.75, 3.05) is 6.61 Å². The molecule has 1 aliphatic heterocycles. The van der Waals surface area contributed by atoms with Crippen molar-refractivity contribution in [3.05, 3.63) is 59.3 Å². The molecule has 2 aliphatic rings. The second-order valence-electron chi connectivity index (χ2n) is 7.78. The molecule has 158 valence electrons. The summed E-state index contributed by atoms with van der Waals surface area (Å²) in [5.41, 5.74) is 4.87. The highest BCUT2D eigenvalue weighted by Gasteiger charge is 2.23. The second-order valence-corrected chi connectivity index (χ2v) is 7.78. The molecule has 0 saturated heterocycles. The molecule has 0 bridgehead atoms. The standard InChI is InChI=1S/C22H23N7O2/c23-28-19(22(30)26-10-17-7-20-15(8-25-17)5-6-31-20)11-24-9-18-13-29-12-16(14-1-2-14)3-4-21(29)27-18/h3-4,7-8,11-14H,1-2,5-6,9-10,23H2,(H,26,30). The van der Waals surface area contributed by atoms with Gasteiger partial charge in [0.05, 0.1) is 37.3 Å². The maximum atomic E-state index is 12.4. The van der Waals surface area contributed by atoms with E-state index in [9.17, 15) is 4.79 Å². The Labute approximate surface area is 179 Å². The molecule has 4 heterocycles. The van der Waals surface area contributed by atoms with Crippen LogP contribution in [-0.2, 0) is 24.3 Å². The number of amides is 1. The minimum absolute atomic E-state index is 0.0391. The van der Waals surface area contributed by atoms with Crippen molar-refractivity contribution in [1.29, 1.82) is 0 Å². The molecule has 3 N–H and O–H groups in total. The monoisotopic (exact) mass is 417 g/mol. The number of carbonyl (C=O) groups excluding carboxylic acids is 1. The van der Waals surface area contributed by atoms with Crippen LogP contribution in [0.15, 0.2) is 46.9 Å². The van der Waals surface area contributed by atoms with E-state index >= 15 is 0 Å². The molecule has 3 aromatic rings. The van der Waals surface area contributed by atoms with Gasteiger partial charge < -0.3 is 20.3 Å². The van der Waals surface area contributed by atoms with Gasteiger partial charge in [-0.1, -0.05) is 6.07 Å². The summed E-state index contributed by atoms with van der Waals surface area (Å²) >= 11 is 0. The van der Waals surface area contributed by atoms with Crippen LogP contribution >= 0.6 is 0 Å².